The number of hydrogen-bond donors (Lipinski definition) is 0. The predicted molar refractivity (Wildman–Crippen MR) is 207 cm³/mol. The molecule has 3 heterocycles. The van der Waals surface area contributed by atoms with Gasteiger partial charge in [0.05, 0.1) is 38.6 Å². The van der Waals surface area contributed by atoms with Crippen molar-refractivity contribution in [3.63, 3.8) is 0 Å². The maximum Gasteiger partial charge on any atom is 0.338 e. The number of hydrogen-bond acceptors (Lipinski definition) is 12. The lowest BCUT2D eigenvalue weighted by Gasteiger charge is -2.52. The van der Waals surface area contributed by atoms with E-state index in [2.05, 4.69) is 0 Å². The minimum Gasteiger partial charge on any atom is -0.450 e. The summed E-state index contributed by atoms with van der Waals surface area (Å²) in [6.07, 6.45) is -8.49. The van der Waals surface area contributed by atoms with Crippen molar-refractivity contribution >= 4 is 5.97 Å². The highest BCUT2D eigenvalue weighted by Gasteiger charge is 2.57. The summed E-state index contributed by atoms with van der Waals surface area (Å²) in [4.78, 5) is 13.8. The van der Waals surface area contributed by atoms with Crippen LogP contribution in [0.4, 0.5) is 0 Å². The second-order valence-electron chi connectivity index (χ2n) is 14.7. The number of benzene rings is 4. The smallest absolute Gasteiger partial charge is 0.338 e. The van der Waals surface area contributed by atoms with Crippen LogP contribution in [0.1, 0.15) is 40.9 Å². The quantitative estimate of drug-likeness (QED) is 0.120. The van der Waals surface area contributed by atoms with Gasteiger partial charge in [0, 0.05) is 14.2 Å². The highest BCUT2D eigenvalue weighted by molar-refractivity contribution is 5.89. The van der Waals surface area contributed by atoms with Crippen LogP contribution in [0.2, 0.25) is 0 Å². The molecule has 12 nitrogen and oxygen atoms in total. The van der Waals surface area contributed by atoms with Crippen molar-refractivity contribution in [2.24, 2.45) is 0 Å². The molecule has 3 aliphatic heterocycles. The number of esters is 1. The molecule has 0 spiro atoms. The number of fused-ring (bicyclic) bond motifs is 1. The Hall–Kier alpha value is -4.05. The van der Waals surface area contributed by atoms with E-state index in [-0.39, 0.29) is 26.4 Å². The molecule has 0 aliphatic carbocycles. The lowest BCUT2D eigenvalue weighted by Crippen LogP contribution is -2.68. The standard InChI is InChI=1S/C45H52O12/c1-45(2)52-29-35-37(57-45)38(47-3)41(55-42(46)33-23-15-8-16-24-33)44(54-35)56-36-34(28-49-25-30-17-9-5-10-18-30)53-43(48-4)40(51-27-32-21-13-7-14-22-32)39(36)50-26-31-19-11-6-12-20-31/h5-24,34-41,43-44H,25-29H2,1-4H3/t34-,35+,36-,37-,38+,39+,40-,41-,43+,44+/m1/s1. The van der Waals surface area contributed by atoms with Gasteiger partial charge in [0.15, 0.2) is 24.5 Å². The van der Waals surface area contributed by atoms with Crippen molar-refractivity contribution in [3.05, 3.63) is 144 Å². The van der Waals surface area contributed by atoms with Gasteiger partial charge >= 0.3 is 5.97 Å². The van der Waals surface area contributed by atoms with Crippen molar-refractivity contribution in [2.75, 3.05) is 27.4 Å². The molecule has 0 aromatic heterocycles. The summed E-state index contributed by atoms with van der Waals surface area (Å²) in [6.45, 7) is 4.72. The van der Waals surface area contributed by atoms with E-state index in [1.54, 1.807) is 38.5 Å². The zero-order valence-corrected chi connectivity index (χ0v) is 32.8. The molecule has 3 saturated heterocycles. The average Bonchev–Trinajstić information content (AvgIpc) is 3.24. The van der Waals surface area contributed by atoms with Gasteiger partial charge in [-0.15, -0.1) is 0 Å². The van der Waals surface area contributed by atoms with E-state index in [1.165, 1.54) is 0 Å². The van der Waals surface area contributed by atoms with E-state index in [0.717, 1.165) is 16.7 Å². The second kappa shape index (κ2) is 19.6. The van der Waals surface area contributed by atoms with Crippen molar-refractivity contribution in [1.82, 2.24) is 0 Å². The van der Waals surface area contributed by atoms with Crippen molar-refractivity contribution < 1.29 is 56.9 Å². The third kappa shape index (κ3) is 10.5. The molecule has 4 aromatic rings. The molecule has 57 heavy (non-hydrogen) atoms. The number of ether oxygens (including phenoxy) is 11. The van der Waals surface area contributed by atoms with Crippen LogP contribution in [-0.4, -0.2) is 101 Å². The normalized spacial score (nSPS) is 29.6. The molecule has 0 unspecified atom stereocenters. The van der Waals surface area contributed by atoms with Gasteiger partial charge < -0.3 is 52.1 Å². The molecule has 3 aliphatic rings. The summed E-state index contributed by atoms with van der Waals surface area (Å²) in [5.74, 6) is -1.51. The summed E-state index contributed by atoms with van der Waals surface area (Å²) in [7, 11) is 3.11. The van der Waals surface area contributed by atoms with Crippen LogP contribution in [0, 0.1) is 0 Å². The van der Waals surface area contributed by atoms with Gasteiger partial charge in [0.2, 0.25) is 0 Å². The zero-order valence-electron chi connectivity index (χ0n) is 32.8. The molecule has 0 bridgehead atoms. The first-order chi connectivity index (χ1) is 27.8. The van der Waals surface area contributed by atoms with E-state index in [1.807, 2.05) is 111 Å². The van der Waals surface area contributed by atoms with Crippen LogP contribution in [0.3, 0.4) is 0 Å². The first kappa shape index (κ1) is 41.1. The lowest BCUT2D eigenvalue weighted by molar-refractivity contribution is -0.401. The first-order valence-electron chi connectivity index (χ1n) is 19.3. The third-order valence-electron chi connectivity index (χ3n) is 10.2. The van der Waals surface area contributed by atoms with Gasteiger partial charge in [-0.2, -0.15) is 0 Å². The van der Waals surface area contributed by atoms with Gasteiger partial charge in [-0.1, -0.05) is 109 Å². The Labute approximate surface area is 334 Å². The highest BCUT2D eigenvalue weighted by Crippen LogP contribution is 2.38. The second-order valence-corrected chi connectivity index (χ2v) is 14.7. The van der Waals surface area contributed by atoms with E-state index in [4.69, 9.17) is 52.1 Å². The van der Waals surface area contributed by atoms with Crippen LogP contribution < -0.4 is 0 Å². The van der Waals surface area contributed by atoms with Crippen LogP contribution >= 0.6 is 0 Å². The minimum absolute atomic E-state index is 0.0946. The fourth-order valence-corrected chi connectivity index (χ4v) is 7.36. The fraction of sp³-hybridized carbons (Fsp3) is 0.444. The maximum absolute atomic E-state index is 13.8. The van der Waals surface area contributed by atoms with E-state index in [9.17, 15) is 4.79 Å². The molecule has 0 N–H and O–H groups in total. The Bertz CT molecular complexity index is 1800. The topological polar surface area (TPSA) is 119 Å². The highest BCUT2D eigenvalue weighted by atomic mass is 16.8. The molecule has 0 radical (unpaired) electrons. The van der Waals surface area contributed by atoms with Gasteiger partial charge in [-0.05, 0) is 42.7 Å². The molecule has 0 saturated carbocycles. The number of rotatable bonds is 16. The van der Waals surface area contributed by atoms with Crippen molar-refractivity contribution in [1.29, 1.82) is 0 Å². The maximum atomic E-state index is 13.8. The molecule has 7 rings (SSSR count). The van der Waals surface area contributed by atoms with E-state index < -0.39 is 73.2 Å². The average molecular weight is 785 g/mol. The van der Waals surface area contributed by atoms with Crippen LogP contribution in [-0.2, 0) is 71.9 Å². The largest absolute Gasteiger partial charge is 0.450 e. The zero-order chi connectivity index (χ0) is 39.6. The summed E-state index contributed by atoms with van der Waals surface area (Å²) < 4.78 is 70.8. The number of methoxy groups -OCH3 is 2. The Morgan fingerprint density at radius 1 is 0.632 bits per heavy atom. The van der Waals surface area contributed by atoms with E-state index in [0.29, 0.717) is 12.2 Å². The SMILES string of the molecule is CO[C@H]1O[C@H](COCc2ccccc2)[C@@H](O[C@@H]2O[C@H]3COC(C)(C)O[C@H]3[C@H](OC)[C@H]2OC(=O)c2ccccc2)[C@H](OCc2ccccc2)[C@H]1OCc1ccccc1. The van der Waals surface area contributed by atoms with Crippen LogP contribution in [0.5, 0.6) is 0 Å². The fourth-order valence-electron chi connectivity index (χ4n) is 7.36. The summed E-state index contributed by atoms with van der Waals surface area (Å²) in [5.41, 5.74) is 3.25. The number of carbonyl (C=O) groups is 1. The third-order valence-corrected chi connectivity index (χ3v) is 10.2. The lowest BCUT2D eigenvalue weighted by atomic mass is 9.95. The first-order valence-corrected chi connectivity index (χ1v) is 19.3. The van der Waals surface area contributed by atoms with Gasteiger partial charge in [-0.25, -0.2) is 4.79 Å². The molecule has 4 aromatic carbocycles. The molecule has 10 atom stereocenters. The monoisotopic (exact) mass is 784 g/mol. The van der Waals surface area contributed by atoms with Gasteiger partial charge in [0.25, 0.3) is 0 Å². The molecule has 12 heteroatoms. The van der Waals surface area contributed by atoms with Gasteiger partial charge in [0.1, 0.15) is 42.7 Å². The summed E-state index contributed by atoms with van der Waals surface area (Å²) in [6, 6.07) is 38.3. The summed E-state index contributed by atoms with van der Waals surface area (Å²) >= 11 is 0. The summed E-state index contributed by atoms with van der Waals surface area (Å²) in [5, 5.41) is 0. The molecular weight excluding hydrogens is 732 g/mol. The van der Waals surface area contributed by atoms with Crippen LogP contribution in [0.15, 0.2) is 121 Å². The molecular formula is C45H52O12. The Morgan fingerprint density at radius 3 is 1.77 bits per heavy atom. The molecule has 0 amide bonds. The van der Waals surface area contributed by atoms with Crippen molar-refractivity contribution in [3.8, 4) is 0 Å². The minimum atomic E-state index is -1.20. The van der Waals surface area contributed by atoms with Crippen LogP contribution in [0.25, 0.3) is 0 Å². The molecule has 3 fully saturated rings. The Kier molecular flexibility index (Phi) is 14.1. The Morgan fingerprint density at radius 2 is 1.19 bits per heavy atom. The van der Waals surface area contributed by atoms with Gasteiger partial charge in [-0.3, -0.25) is 0 Å². The van der Waals surface area contributed by atoms with Crippen molar-refractivity contribution in [2.45, 2.75) is 101 Å². The Balaban J connectivity index is 1.24. The molecule has 304 valence electrons. The predicted octanol–water partition coefficient (Wildman–Crippen LogP) is 6.25. The number of carbonyl (C=O) groups excluding carboxylic acids is 1. The van der Waals surface area contributed by atoms with E-state index >= 15 is 0 Å².